The topological polar surface area (TPSA) is 189 Å². The molecule has 3 atom stereocenters. The number of carboxylic acids is 2. The molecule has 1 aromatic carbocycles. The van der Waals surface area contributed by atoms with Crippen molar-refractivity contribution in [1.82, 2.24) is 0 Å². The van der Waals surface area contributed by atoms with E-state index in [2.05, 4.69) is 5.73 Å². The van der Waals surface area contributed by atoms with Crippen LogP contribution in [0.4, 0.5) is 5.69 Å². The second kappa shape index (κ2) is 7.63. The van der Waals surface area contributed by atoms with E-state index < -0.39 is 24.1 Å². The van der Waals surface area contributed by atoms with Crippen molar-refractivity contribution in [3.8, 4) is 0 Å². The number of nitro benzene ring substituents is 1. The predicted octanol–water partition coefficient (Wildman–Crippen LogP) is -3.15. The molecule has 10 heteroatoms. The molecule has 1 aliphatic rings. The highest BCUT2D eigenvalue weighted by Crippen LogP contribution is 2.24. The Morgan fingerprint density at radius 2 is 1.78 bits per heavy atom. The lowest BCUT2D eigenvalue weighted by Crippen LogP contribution is -2.61. The van der Waals surface area contributed by atoms with Gasteiger partial charge >= 0.3 is 5.97 Å². The number of nitro groups is 1. The van der Waals surface area contributed by atoms with Crippen LogP contribution >= 0.6 is 0 Å². The van der Waals surface area contributed by atoms with E-state index in [-0.39, 0.29) is 10.6 Å². The minimum atomic E-state index is -2.38. The van der Waals surface area contributed by atoms with Gasteiger partial charge in [-0.2, -0.15) is 0 Å². The summed E-state index contributed by atoms with van der Waals surface area (Å²) in [6.07, 6.45) is -2.88. The minimum Gasteiger partial charge on any atom is -0.547 e. The van der Waals surface area contributed by atoms with Crippen LogP contribution in [0.25, 0.3) is 0 Å². The zero-order valence-corrected chi connectivity index (χ0v) is 11.9. The van der Waals surface area contributed by atoms with E-state index in [0.29, 0.717) is 6.04 Å². The number of fused-ring (bicyclic) bond motifs is 1. The lowest BCUT2D eigenvalue weighted by atomic mass is 10.1. The number of carbonyl (C=O) groups is 2. The molecule has 0 aliphatic heterocycles. The number of hydrogen-bond acceptors (Lipinski definition) is 7. The number of aliphatic hydroxyl groups excluding tert-OH is 2. The zero-order chi connectivity index (χ0) is 17.7. The van der Waals surface area contributed by atoms with Crippen molar-refractivity contribution in [2.45, 2.75) is 31.1 Å². The van der Waals surface area contributed by atoms with E-state index >= 15 is 0 Å². The van der Waals surface area contributed by atoms with E-state index in [1.165, 1.54) is 5.56 Å². The number of rotatable bonds is 4. The molecule has 0 heterocycles. The summed E-state index contributed by atoms with van der Waals surface area (Å²) >= 11 is 0. The number of aliphatic hydroxyl groups is 2. The fourth-order valence-electron chi connectivity index (χ4n) is 2.07. The Morgan fingerprint density at radius 3 is 2.22 bits per heavy atom. The Labute approximate surface area is 129 Å². The number of hydrogen-bond donors (Lipinski definition) is 4. The van der Waals surface area contributed by atoms with Crippen LogP contribution in [-0.4, -0.2) is 50.4 Å². The van der Waals surface area contributed by atoms with Crippen molar-refractivity contribution in [1.29, 1.82) is 0 Å². The molecule has 0 bridgehead atoms. The summed E-state index contributed by atoms with van der Waals surface area (Å²) in [4.78, 5) is 29.5. The van der Waals surface area contributed by atoms with Crippen molar-refractivity contribution >= 4 is 17.6 Å². The van der Waals surface area contributed by atoms with Gasteiger partial charge in [0, 0.05) is 25.0 Å². The Morgan fingerprint density at radius 1 is 1.22 bits per heavy atom. The van der Waals surface area contributed by atoms with Gasteiger partial charge in [0.1, 0.15) is 6.10 Å². The van der Waals surface area contributed by atoms with Gasteiger partial charge in [0.05, 0.1) is 16.9 Å². The molecule has 0 spiro atoms. The Bertz CT molecular complexity index is 600. The molecule has 23 heavy (non-hydrogen) atoms. The maximum absolute atomic E-state index is 10.5. The first-order chi connectivity index (χ1) is 10.6. The molecule has 0 radical (unpaired) electrons. The molecular formula is C13H16N2O8. The normalized spacial score (nSPS) is 18.1. The minimum absolute atomic E-state index is 0.188. The molecule has 1 aliphatic carbocycles. The summed E-state index contributed by atoms with van der Waals surface area (Å²) in [6.45, 7) is 0. The van der Waals surface area contributed by atoms with Gasteiger partial charge in [-0.1, -0.05) is 6.07 Å². The largest absolute Gasteiger partial charge is 0.547 e. The third-order valence-corrected chi connectivity index (χ3v) is 3.21. The van der Waals surface area contributed by atoms with Crippen LogP contribution in [-0.2, 0) is 22.4 Å². The summed E-state index contributed by atoms with van der Waals surface area (Å²) in [5.41, 5.74) is 6.45. The van der Waals surface area contributed by atoms with E-state index in [1.54, 1.807) is 12.1 Å². The molecule has 0 saturated heterocycles. The first-order valence-corrected chi connectivity index (χ1v) is 6.52. The summed E-state index contributed by atoms with van der Waals surface area (Å²) < 4.78 is 0. The van der Waals surface area contributed by atoms with Crippen LogP contribution in [0.5, 0.6) is 0 Å². The van der Waals surface area contributed by atoms with Crippen LogP contribution in [0.15, 0.2) is 18.2 Å². The lowest BCUT2D eigenvalue weighted by Gasteiger charge is -2.13. The number of nitrogens with zero attached hydrogens (tertiary/aromatic N) is 1. The quantitative estimate of drug-likeness (QED) is 0.329. The second-order valence-corrected chi connectivity index (χ2v) is 5.03. The number of benzene rings is 1. The fourth-order valence-corrected chi connectivity index (χ4v) is 2.07. The first-order valence-electron chi connectivity index (χ1n) is 6.52. The Balaban J connectivity index is 0.000000241. The number of quaternary nitrogens is 1. The number of aliphatic carboxylic acids is 2. The Kier molecular flexibility index (Phi) is 6.13. The highest BCUT2D eigenvalue weighted by atomic mass is 16.6. The summed E-state index contributed by atoms with van der Waals surface area (Å²) in [7, 11) is 0. The molecule has 126 valence electrons. The van der Waals surface area contributed by atoms with Gasteiger partial charge in [0.2, 0.25) is 0 Å². The Hall–Kier alpha value is -2.56. The number of non-ortho nitro benzene ring substituents is 1. The molecule has 2 rings (SSSR count). The van der Waals surface area contributed by atoms with Gasteiger partial charge in [-0.15, -0.1) is 0 Å². The van der Waals surface area contributed by atoms with Crippen LogP contribution in [0, 0.1) is 10.1 Å². The monoisotopic (exact) mass is 328 g/mol. The lowest BCUT2D eigenvalue weighted by molar-refractivity contribution is -0.416. The highest BCUT2D eigenvalue weighted by Gasteiger charge is 2.24. The van der Waals surface area contributed by atoms with Gasteiger partial charge in [-0.3, -0.25) is 10.1 Å². The van der Waals surface area contributed by atoms with Gasteiger partial charge < -0.3 is 31.0 Å². The van der Waals surface area contributed by atoms with E-state index in [4.69, 9.17) is 15.3 Å². The van der Waals surface area contributed by atoms with Crippen molar-refractivity contribution < 1.29 is 40.7 Å². The summed E-state index contributed by atoms with van der Waals surface area (Å²) in [6, 6.07) is 5.47. The van der Waals surface area contributed by atoms with Crippen LogP contribution in [0.2, 0.25) is 0 Å². The van der Waals surface area contributed by atoms with E-state index in [1.807, 2.05) is 6.07 Å². The molecule has 1 aromatic rings. The first kappa shape index (κ1) is 18.5. The van der Waals surface area contributed by atoms with Crippen molar-refractivity contribution in [3.05, 3.63) is 39.4 Å². The van der Waals surface area contributed by atoms with Gasteiger partial charge in [0.25, 0.3) is 5.69 Å². The highest BCUT2D eigenvalue weighted by molar-refractivity contribution is 5.82. The van der Waals surface area contributed by atoms with Crippen molar-refractivity contribution in [3.63, 3.8) is 0 Å². The maximum atomic E-state index is 10.5. The van der Waals surface area contributed by atoms with E-state index in [9.17, 15) is 24.8 Å². The molecule has 6 N–H and O–H groups in total. The molecule has 0 unspecified atom stereocenters. The third-order valence-electron chi connectivity index (χ3n) is 3.21. The number of carbonyl (C=O) groups excluding carboxylic acids is 1. The van der Waals surface area contributed by atoms with Gasteiger partial charge in [-0.25, -0.2) is 4.79 Å². The third kappa shape index (κ3) is 4.98. The molecule has 0 aromatic heterocycles. The van der Waals surface area contributed by atoms with Crippen molar-refractivity contribution in [2.24, 2.45) is 0 Å². The summed E-state index contributed by atoms with van der Waals surface area (Å²) in [5, 5.41) is 44.6. The van der Waals surface area contributed by atoms with Gasteiger partial charge in [-0.05, 0) is 11.1 Å². The standard InChI is InChI=1S/C9H10N2O2.C4H6O6/c10-8-3-6-1-2-9(11(12)13)5-7(6)4-8;5-1(3(7)8)2(6)4(9)10/h1-2,5,8H,3-4,10H2;1-2,5-6H,(H,7,8)(H,9,10)/t8-;1-,2-/m11/s1. The zero-order valence-electron chi connectivity index (χ0n) is 11.9. The smallest absolute Gasteiger partial charge is 0.335 e. The second-order valence-electron chi connectivity index (χ2n) is 5.03. The van der Waals surface area contributed by atoms with Gasteiger partial charge in [0.15, 0.2) is 6.10 Å². The number of carboxylic acid groups (broad SMARTS) is 2. The molecule has 10 nitrogen and oxygen atoms in total. The molecule has 0 fully saturated rings. The van der Waals surface area contributed by atoms with Crippen LogP contribution in [0.1, 0.15) is 11.1 Å². The average Bonchev–Trinajstić information content (AvgIpc) is 2.84. The van der Waals surface area contributed by atoms with Crippen molar-refractivity contribution in [2.75, 3.05) is 0 Å². The molecule has 0 saturated carbocycles. The maximum Gasteiger partial charge on any atom is 0.335 e. The van der Waals surface area contributed by atoms with Crippen LogP contribution in [0.3, 0.4) is 0 Å². The SMILES string of the molecule is O=C([O-])[C@H](O)[C@@H](O)C(=O)O.[NH3+][C@@H]1Cc2ccc([N+](=O)[O-])cc2C1. The van der Waals surface area contributed by atoms with Crippen LogP contribution < -0.4 is 10.8 Å². The molecule has 0 amide bonds. The fraction of sp³-hybridized carbons (Fsp3) is 0.385. The average molecular weight is 328 g/mol. The predicted molar refractivity (Wildman–Crippen MR) is 71.8 cm³/mol. The summed E-state index contributed by atoms with van der Waals surface area (Å²) in [5.74, 6) is -3.83. The van der Waals surface area contributed by atoms with E-state index in [0.717, 1.165) is 18.4 Å². The molecular weight excluding hydrogens is 312 g/mol.